The molecule has 0 atom stereocenters. The molecule has 4 nitrogen and oxygen atoms in total. The number of carbonyl (C=O) groups excluding carboxylic acids is 1. The maximum Gasteiger partial charge on any atom is 0.251 e. The molecule has 0 saturated carbocycles. The molecule has 0 saturated heterocycles. The minimum absolute atomic E-state index is 0.176. The molecule has 0 aliphatic carbocycles. The average molecular weight is 256 g/mol. The van der Waals surface area contributed by atoms with E-state index in [4.69, 9.17) is 17.3 Å². The van der Waals surface area contributed by atoms with Crippen LogP contribution in [0.4, 0.5) is 5.82 Å². The first-order chi connectivity index (χ1) is 7.78. The molecular weight excluding hydrogens is 238 g/mol. The van der Waals surface area contributed by atoms with Gasteiger partial charge in [-0.05, 0) is 24.0 Å². The molecule has 1 heterocycles. The predicted molar refractivity (Wildman–Crippen MR) is 70.1 cm³/mol. The molecule has 1 aromatic heterocycles. The Morgan fingerprint density at radius 3 is 2.65 bits per heavy atom. The summed E-state index contributed by atoms with van der Waals surface area (Å²) in [4.78, 5) is 15.6. The van der Waals surface area contributed by atoms with Crippen molar-refractivity contribution in [3.63, 3.8) is 0 Å². The molecule has 1 aromatic rings. The van der Waals surface area contributed by atoms with Gasteiger partial charge in [0.1, 0.15) is 11.0 Å². The lowest BCUT2D eigenvalue weighted by atomic mass is 9.92. The van der Waals surface area contributed by atoms with Crippen molar-refractivity contribution in [1.82, 2.24) is 10.3 Å². The molecule has 0 aliphatic rings. The van der Waals surface area contributed by atoms with E-state index in [2.05, 4.69) is 31.1 Å². The van der Waals surface area contributed by atoms with Crippen LogP contribution >= 0.6 is 11.6 Å². The SMILES string of the molecule is CC(C)(C)CCNC(=O)c1cc(N)nc(Cl)c1. The standard InChI is InChI=1S/C12H18ClN3O/c1-12(2,3)4-5-15-11(17)8-6-9(13)16-10(14)7-8/h6-7H,4-5H2,1-3H3,(H2,14,16)(H,15,17). The van der Waals surface area contributed by atoms with Crippen LogP contribution in [-0.4, -0.2) is 17.4 Å². The van der Waals surface area contributed by atoms with Crippen LogP contribution in [0.3, 0.4) is 0 Å². The Hall–Kier alpha value is -1.29. The maximum absolute atomic E-state index is 11.8. The van der Waals surface area contributed by atoms with Gasteiger partial charge in [-0.2, -0.15) is 0 Å². The van der Waals surface area contributed by atoms with Gasteiger partial charge in [-0.25, -0.2) is 4.98 Å². The molecule has 1 rings (SSSR count). The van der Waals surface area contributed by atoms with Crippen molar-refractivity contribution in [1.29, 1.82) is 0 Å². The quantitative estimate of drug-likeness (QED) is 0.816. The van der Waals surface area contributed by atoms with Crippen molar-refractivity contribution in [3.8, 4) is 0 Å². The summed E-state index contributed by atoms with van der Waals surface area (Å²) < 4.78 is 0. The van der Waals surface area contributed by atoms with Crippen LogP contribution < -0.4 is 11.1 Å². The van der Waals surface area contributed by atoms with Crippen LogP contribution in [-0.2, 0) is 0 Å². The zero-order valence-electron chi connectivity index (χ0n) is 10.4. The Bertz CT molecular complexity index is 392. The van der Waals surface area contributed by atoms with E-state index < -0.39 is 0 Å². The van der Waals surface area contributed by atoms with Gasteiger partial charge in [0.2, 0.25) is 0 Å². The molecule has 5 heteroatoms. The van der Waals surface area contributed by atoms with E-state index in [1.54, 1.807) is 0 Å². The Morgan fingerprint density at radius 1 is 1.47 bits per heavy atom. The average Bonchev–Trinajstić information content (AvgIpc) is 2.13. The monoisotopic (exact) mass is 255 g/mol. The molecule has 94 valence electrons. The van der Waals surface area contributed by atoms with Crippen molar-refractivity contribution in [2.24, 2.45) is 5.41 Å². The highest BCUT2D eigenvalue weighted by molar-refractivity contribution is 6.29. The zero-order valence-corrected chi connectivity index (χ0v) is 11.1. The Morgan fingerprint density at radius 2 is 2.12 bits per heavy atom. The highest BCUT2D eigenvalue weighted by Gasteiger charge is 2.12. The molecule has 0 aromatic carbocycles. The van der Waals surface area contributed by atoms with E-state index in [0.717, 1.165) is 6.42 Å². The Balaban J connectivity index is 2.58. The van der Waals surface area contributed by atoms with Crippen molar-refractivity contribution < 1.29 is 4.79 Å². The summed E-state index contributed by atoms with van der Waals surface area (Å²) in [6, 6.07) is 3.02. The lowest BCUT2D eigenvalue weighted by Gasteiger charge is -2.18. The van der Waals surface area contributed by atoms with Gasteiger partial charge in [0, 0.05) is 12.1 Å². The zero-order chi connectivity index (χ0) is 13.1. The number of pyridine rings is 1. The summed E-state index contributed by atoms with van der Waals surface area (Å²) in [6.45, 7) is 7.00. The van der Waals surface area contributed by atoms with Crippen LogP contribution in [0.25, 0.3) is 0 Å². The fourth-order valence-electron chi connectivity index (χ4n) is 1.30. The molecule has 0 spiro atoms. The molecule has 3 N–H and O–H groups in total. The number of hydrogen-bond donors (Lipinski definition) is 2. The second-order valence-electron chi connectivity index (χ2n) is 5.17. The molecule has 0 bridgehead atoms. The number of nitrogen functional groups attached to an aromatic ring is 1. The molecule has 1 amide bonds. The normalized spacial score (nSPS) is 11.3. The predicted octanol–water partition coefficient (Wildman–Crippen LogP) is 2.48. The summed E-state index contributed by atoms with van der Waals surface area (Å²) in [5.74, 6) is 0.0729. The number of hydrogen-bond acceptors (Lipinski definition) is 3. The lowest BCUT2D eigenvalue weighted by molar-refractivity contribution is 0.0949. The summed E-state index contributed by atoms with van der Waals surface area (Å²) >= 11 is 5.73. The number of nitrogens with zero attached hydrogens (tertiary/aromatic N) is 1. The fraction of sp³-hybridized carbons (Fsp3) is 0.500. The van der Waals surface area contributed by atoms with Gasteiger partial charge in [-0.1, -0.05) is 32.4 Å². The third kappa shape index (κ3) is 5.04. The number of anilines is 1. The highest BCUT2D eigenvalue weighted by atomic mass is 35.5. The first-order valence-corrected chi connectivity index (χ1v) is 5.87. The van der Waals surface area contributed by atoms with Crippen LogP contribution in [0.5, 0.6) is 0 Å². The number of aromatic nitrogens is 1. The van der Waals surface area contributed by atoms with Crippen LogP contribution in [0.2, 0.25) is 5.15 Å². The molecule has 0 fully saturated rings. The minimum Gasteiger partial charge on any atom is -0.384 e. The summed E-state index contributed by atoms with van der Waals surface area (Å²) in [5.41, 5.74) is 6.16. The third-order valence-corrected chi connectivity index (χ3v) is 2.43. The van der Waals surface area contributed by atoms with E-state index in [0.29, 0.717) is 12.1 Å². The van der Waals surface area contributed by atoms with Crippen LogP contribution in [0.1, 0.15) is 37.6 Å². The van der Waals surface area contributed by atoms with Crippen molar-refractivity contribution in [2.75, 3.05) is 12.3 Å². The van der Waals surface area contributed by atoms with E-state index in [1.807, 2.05) is 0 Å². The summed E-state index contributed by atoms with van der Waals surface area (Å²) in [5, 5.41) is 3.06. The number of rotatable bonds is 3. The number of nitrogens with two attached hydrogens (primary N) is 1. The molecule has 17 heavy (non-hydrogen) atoms. The van der Waals surface area contributed by atoms with Crippen LogP contribution in [0, 0.1) is 5.41 Å². The number of halogens is 1. The molecule has 0 unspecified atom stereocenters. The Kier molecular flexibility index (Phi) is 4.34. The van der Waals surface area contributed by atoms with Crippen molar-refractivity contribution >= 4 is 23.3 Å². The molecule has 0 radical (unpaired) electrons. The van der Waals surface area contributed by atoms with Gasteiger partial charge in [0.15, 0.2) is 0 Å². The van der Waals surface area contributed by atoms with Crippen molar-refractivity contribution in [2.45, 2.75) is 27.2 Å². The van der Waals surface area contributed by atoms with Gasteiger partial charge in [0.25, 0.3) is 5.91 Å². The summed E-state index contributed by atoms with van der Waals surface area (Å²) in [7, 11) is 0. The van der Waals surface area contributed by atoms with Gasteiger partial charge in [0.05, 0.1) is 0 Å². The van der Waals surface area contributed by atoms with Gasteiger partial charge < -0.3 is 11.1 Å². The number of nitrogens with one attached hydrogen (secondary N) is 1. The first kappa shape index (κ1) is 13.8. The second kappa shape index (κ2) is 5.36. The molecule has 0 aliphatic heterocycles. The number of carbonyl (C=O) groups is 1. The van der Waals surface area contributed by atoms with Crippen LogP contribution in [0.15, 0.2) is 12.1 Å². The summed E-state index contributed by atoms with van der Waals surface area (Å²) in [6.07, 6.45) is 0.910. The Labute approximate surface area is 107 Å². The van der Waals surface area contributed by atoms with Crippen molar-refractivity contribution in [3.05, 3.63) is 22.8 Å². The van der Waals surface area contributed by atoms with Gasteiger partial charge in [-0.15, -0.1) is 0 Å². The minimum atomic E-state index is -0.176. The third-order valence-electron chi connectivity index (χ3n) is 2.24. The largest absolute Gasteiger partial charge is 0.384 e. The van der Waals surface area contributed by atoms with Gasteiger partial charge in [-0.3, -0.25) is 4.79 Å². The van der Waals surface area contributed by atoms with E-state index >= 15 is 0 Å². The van der Waals surface area contributed by atoms with Gasteiger partial charge >= 0.3 is 0 Å². The van der Waals surface area contributed by atoms with E-state index in [9.17, 15) is 4.79 Å². The second-order valence-corrected chi connectivity index (χ2v) is 5.56. The highest BCUT2D eigenvalue weighted by Crippen LogP contribution is 2.17. The topological polar surface area (TPSA) is 68.0 Å². The molecular formula is C12H18ClN3O. The number of amides is 1. The lowest BCUT2D eigenvalue weighted by Crippen LogP contribution is -2.27. The fourth-order valence-corrected chi connectivity index (χ4v) is 1.52. The first-order valence-electron chi connectivity index (χ1n) is 5.49. The maximum atomic E-state index is 11.8. The van der Waals surface area contributed by atoms with E-state index in [-0.39, 0.29) is 22.3 Å². The van der Waals surface area contributed by atoms with E-state index in [1.165, 1.54) is 12.1 Å². The smallest absolute Gasteiger partial charge is 0.251 e.